The molecule has 0 amide bonds. The Bertz CT molecular complexity index is 1130. The molecule has 6 aliphatic rings. The van der Waals surface area contributed by atoms with Gasteiger partial charge in [0.25, 0.3) is 0 Å². The van der Waals surface area contributed by atoms with Crippen LogP contribution in [0.2, 0.25) is 0 Å². The van der Waals surface area contributed by atoms with Crippen LogP contribution in [-0.2, 0) is 25.4 Å². The van der Waals surface area contributed by atoms with Crippen LogP contribution in [0.5, 0.6) is 0 Å². The fourth-order valence-corrected chi connectivity index (χ4v) is 8.26. The van der Waals surface area contributed by atoms with E-state index in [9.17, 15) is 15.0 Å². The Morgan fingerprint density at radius 3 is 2.74 bits per heavy atom. The maximum atomic E-state index is 13.2. The highest BCUT2D eigenvalue weighted by atomic mass is 16.7. The Labute approximate surface area is 200 Å². The first kappa shape index (κ1) is 21.7. The summed E-state index contributed by atoms with van der Waals surface area (Å²) in [5.74, 6) is 0.276. The second kappa shape index (κ2) is 6.40. The topological polar surface area (TPSA) is 91.8 Å². The standard InChI is InChI=1S/C28H34O6/c1-14(19-13-25(2)27(4,34-25)24(30)32-19)15-7-5-8-17-16(15)10-11-18-21(17)22-23(33-22)28(31)12-6-9-20(29)26(18,28)3/h5-9,14,18-19,21-24,30-31H,10-13H2,1-4H3/t14-,18-,19+,21-,22-,23-,24+,25+,26-,27-,28-/m0/s1. The van der Waals surface area contributed by atoms with E-state index in [2.05, 4.69) is 32.0 Å². The number of benzene rings is 1. The predicted octanol–water partition coefficient (Wildman–Crippen LogP) is 3.14. The number of ketones is 1. The number of allylic oxidation sites excluding steroid dienone is 1. The Hall–Kier alpha value is -1.57. The van der Waals surface area contributed by atoms with Gasteiger partial charge in [0, 0.05) is 18.3 Å². The lowest BCUT2D eigenvalue weighted by atomic mass is 9.47. The van der Waals surface area contributed by atoms with Crippen LogP contribution >= 0.6 is 0 Å². The summed E-state index contributed by atoms with van der Waals surface area (Å²) in [7, 11) is 0. The number of hydrogen-bond acceptors (Lipinski definition) is 6. The Kier molecular flexibility index (Phi) is 4.08. The number of fused-ring (bicyclic) bond motifs is 9. The fourth-order valence-electron chi connectivity index (χ4n) is 8.26. The van der Waals surface area contributed by atoms with Crippen molar-refractivity contribution >= 4 is 5.78 Å². The molecule has 3 aliphatic heterocycles. The molecule has 34 heavy (non-hydrogen) atoms. The molecule has 3 heterocycles. The van der Waals surface area contributed by atoms with Gasteiger partial charge >= 0.3 is 0 Å². The number of rotatable bonds is 2. The van der Waals surface area contributed by atoms with E-state index in [0.717, 1.165) is 19.3 Å². The summed E-state index contributed by atoms with van der Waals surface area (Å²) >= 11 is 0. The molecule has 3 aliphatic carbocycles. The molecule has 182 valence electrons. The highest BCUT2D eigenvalue weighted by molar-refractivity contribution is 5.97. The third-order valence-corrected chi connectivity index (χ3v) is 10.8. The average molecular weight is 467 g/mol. The van der Waals surface area contributed by atoms with Gasteiger partial charge in [0.15, 0.2) is 12.1 Å². The van der Waals surface area contributed by atoms with Gasteiger partial charge < -0.3 is 24.4 Å². The van der Waals surface area contributed by atoms with E-state index in [1.54, 1.807) is 6.08 Å². The van der Waals surface area contributed by atoms with Crippen molar-refractivity contribution in [2.24, 2.45) is 11.3 Å². The van der Waals surface area contributed by atoms with Gasteiger partial charge in [-0.25, -0.2) is 0 Å². The summed E-state index contributed by atoms with van der Waals surface area (Å²) in [4.78, 5) is 13.2. The van der Waals surface area contributed by atoms with Gasteiger partial charge in [-0.2, -0.15) is 0 Å². The minimum atomic E-state index is -1.12. The minimum Gasteiger partial charge on any atom is -0.386 e. The van der Waals surface area contributed by atoms with Crippen LogP contribution < -0.4 is 0 Å². The average Bonchev–Trinajstić information content (AvgIpc) is 3.70. The number of epoxide rings is 2. The number of aliphatic hydroxyl groups excluding tert-OH is 1. The second-order valence-electron chi connectivity index (χ2n) is 12.2. The molecule has 6 heteroatoms. The van der Waals surface area contributed by atoms with Gasteiger partial charge in [0.1, 0.15) is 22.9 Å². The summed E-state index contributed by atoms with van der Waals surface area (Å²) < 4.78 is 18.2. The Morgan fingerprint density at radius 2 is 1.97 bits per heavy atom. The quantitative estimate of drug-likeness (QED) is 0.651. The molecule has 4 fully saturated rings. The molecule has 1 aromatic carbocycles. The monoisotopic (exact) mass is 466 g/mol. The maximum Gasteiger partial charge on any atom is 0.186 e. The highest BCUT2D eigenvalue weighted by Gasteiger charge is 2.75. The third kappa shape index (κ3) is 2.37. The van der Waals surface area contributed by atoms with Crippen LogP contribution in [-0.4, -0.2) is 57.4 Å². The largest absolute Gasteiger partial charge is 0.386 e. The van der Waals surface area contributed by atoms with Crippen LogP contribution in [0.15, 0.2) is 30.4 Å². The summed E-state index contributed by atoms with van der Waals surface area (Å²) in [5.41, 5.74) is 0.920. The minimum absolute atomic E-state index is 0.0310. The summed E-state index contributed by atoms with van der Waals surface area (Å²) in [6.07, 6.45) is 5.02. The lowest BCUT2D eigenvalue weighted by Gasteiger charge is -2.55. The fraction of sp³-hybridized carbons (Fsp3) is 0.679. The van der Waals surface area contributed by atoms with E-state index in [4.69, 9.17) is 14.2 Å². The van der Waals surface area contributed by atoms with Crippen LogP contribution in [0.3, 0.4) is 0 Å². The smallest absolute Gasteiger partial charge is 0.186 e. The SMILES string of the molecule is C[C@@H](c1cccc2c1CC[C@H]1[C@H]2[C@@H]2O[C@@H]2[C@@]2(O)CC=CC(=O)[C@]12C)[C@H]1C[C@@]2(C)O[C@@]2(C)[C@H](O)O1. The molecule has 0 radical (unpaired) electrons. The maximum absolute atomic E-state index is 13.2. The van der Waals surface area contributed by atoms with E-state index in [-0.39, 0.29) is 47.4 Å². The van der Waals surface area contributed by atoms with Gasteiger partial charge in [-0.15, -0.1) is 0 Å². The van der Waals surface area contributed by atoms with Crippen molar-refractivity contribution in [2.45, 2.75) is 107 Å². The zero-order chi connectivity index (χ0) is 23.8. The third-order valence-electron chi connectivity index (χ3n) is 10.8. The van der Waals surface area contributed by atoms with Crippen molar-refractivity contribution < 1.29 is 29.2 Å². The van der Waals surface area contributed by atoms with Crippen LogP contribution in [0, 0.1) is 11.3 Å². The predicted molar refractivity (Wildman–Crippen MR) is 123 cm³/mol. The number of carbonyl (C=O) groups is 1. The van der Waals surface area contributed by atoms with Crippen LogP contribution in [0.4, 0.5) is 0 Å². The molecule has 1 saturated carbocycles. The molecule has 11 atom stereocenters. The molecule has 1 aromatic rings. The van der Waals surface area contributed by atoms with Crippen LogP contribution in [0.25, 0.3) is 0 Å². The van der Waals surface area contributed by atoms with Gasteiger partial charge in [-0.1, -0.05) is 31.2 Å². The van der Waals surface area contributed by atoms with E-state index >= 15 is 0 Å². The zero-order valence-corrected chi connectivity index (χ0v) is 20.3. The molecule has 0 spiro atoms. The molecule has 0 unspecified atom stereocenters. The lowest BCUT2D eigenvalue weighted by Crippen LogP contribution is -2.65. The van der Waals surface area contributed by atoms with Crippen molar-refractivity contribution in [3.63, 3.8) is 0 Å². The molecule has 7 rings (SSSR count). The summed E-state index contributed by atoms with van der Waals surface area (Å²) in [5, 5.41) is 22.3. The van der Waals surface area contributed by atoms with E-state index in [1.807, 2.05) is 19.9 Å². The van der Waals surface area contributed by atoms with Crippen molar-refractivity contribution in [3.05, 3.63) is 47.0 Å². The first-order chi connectivity index (χ1) is 16.1. The number of aliphatic hydroxyl groups is 2. The van der Waals surface area contributed by atoms with Gasteiger partial charge in [0.2, 0.25) is 0 Å². The van der Waals surface area contributed by atoms with Crippen molar-refractivity contribution in [3.8, 4) is 0 Å². The molecule has 2 N–H and O–H groups in total. The normalized spacial score (nSPS) is 53.1. The lowest BCUT2D eigenvalue weighted by molar-refractivity contribution is -0.187. The number of ether oxygens (including phenoxy) is 3. The molecule has 0 bridgehead atoms. The molecular formula is C28H34O6. The highest BCUT2D eigenvalue weighted by Crippen LogP contribution is 2.67. The molecule has 3 saturated heterocycles. The van der Waals surface area contributed by atoms with Crippen molar-refractivity contribution in [2.75, 3.05) is 0 Å². The number of hydrogen-bond donors (Lipinski definition) is 2. The van der Waals surface area contributed by atoms with Crippen LogP contribution in [0.1, 0.15) is 75.5 Å². The van der Waals surface area contributed by atoms with Gasteiger partial charge in [0.05, 0.1) is 17.6 Å². The molecular weight excluding hydrogens is 432 g/mol. The van der Waals surface area contributed by atoms with Gasteiger partial charge in [-0.05, 0) is 68.7 Å². The van der Waals surface area contributed by atoms with Gasteiger partial charge in [-0.3, -0.25) is 4.79 Å². The van der Waals surface area contributed by atoms with Crippen molar-refractivity contribution in [1.82, 2.24) is 0 Å². The first-order valence-electron chi connectivity index (χ1n) is 12.8. The Balaban J connectivity index is 1.25. The van der Waals surface area contributed by atoms with E-state index in [1.165, 1.54) is 16.7 Å². The van der Waals surface area contributed by atoms with E-state index in [0.29, 0.717) is 6.42 Å². The number of carbonyl (C=O) groups excluding carboxylic acids is 1. The molecule has 6 nitrogen and oxygen atoms in total. The van der Waals surface area contributed by atoms with Crippen molar-refractivity contribution in [1.29, 1.82) is 0 Å². The summed E-state index contributed by atoms with van der Waals surface area (Å²) in [6.45, 7) is 8.13. The summed E-state index contributed by atoms with van der Waals surface area (Å²) in [6, 6.07) is 6.48. The zero-order valence-electron chi connectivity index (χ0n) is 20.3. The molecule has 0 aromatic heterocycles. The van der Waals surface area contributed by atoms with E-state index < -0.39 is 22.9 Å². The first-order valence-corrected chi connectivity index (χ1v) is 12.8. The second-order valence-corrected chi connectivity index (χ2v) is 12.2. The Morgan fingerprint density at radius 1 is 1.18 bits per heavy atom.